The van der Waals surface area contributed by atoms with E-state index in [9.17, 15) is 0 Å². The number of hydrogen-bond donors (Lipinski definition) is 1. The Bertz CT molecular complexity index is 592. The number of nitrogens with two attached hydrogens (primary N) is 1. The molecule has 0 spiro atoms. The lowest BCUT2D eigenvalue weighted by molar-refractivity contribution is 0.874. The molecule has 0 radical (unpaired) electrons. The van der Waals surface area contributed by atoms with Crippen molar-refractivity contribution in [1.82, 2.24) is 0 Å². The van der Waals surface area contributed by atoms with E-state index in [1.165, 1.54) is 21.7 Å². The first-order valence-corrected chi connectivity index (χ1v) is 8.04. The molecule has 0 saturated heterocycles. The van der Waals surface area contributed by atoms with Crippen molar-refractivity contribution in [3.8, 4) is 0 Å². The number of aryl methyl sites for hydroxylation is 1. The van der Waals surface area contributed by atoms with Gasteiger partial charge in [0.15, 0.2) is 0 Å². The van der Waals surface area contributed by atoms with Crippen molar-refractivity contribution in [3.63, 3.8) is 0 Å². The monoisotopic (exact) mass is 284 g/mol. The molecule has 0 atom stereocenters. The molecule has 104 valence electrons. The maximum Gasteiger partial charge on any atom is 0.0633 e. The van der Waals surface area contributed by atoms with Crippen molar-refractivity contribution in [2.75, 3.05) is 29.5 Å². The molecule has 2 nitrogen and oxygen atoms in total. The van der Waals surface area contributed by atoms with Crippen LogP contribution in [0.15, 0.2) is 47.4 Å². The second kappa shape index (κ2) is 5.80. The molecule has 0 fully saturated rings. The number of para-hydroxylation sites is 1. The molecular weight excluding hydrogens is 264 g/mol. The molecule has 2 aromatic carbocycles. The van der Waals surface area contributed by atoms with Crippen molar-refractivity contribution >= 4 is 23.1 Å². The topological polar surface area (TPSA) is 29.3 Å². The summed E-state index contributed by atoms with van der Waals surface area (Å²) >= 11 is 1.91. The maximum atomic E-state index is 6.11. The zero-order valence-electron chi connectivity index (χ0n) is 11.8. The SMILES string of the molecule is Cc1ccc(SCCN2CCc3cccc(N)c32)cc1. The lowest BCUT2D eigenvalue weighted by atomic mass is 10.1. The standard InChI is InChI=1S/C17H20N2S/c1-13-5-7-15(8-6-13)20-12-11-19-10-9-14-3-2-4-16(18)17(14)19/h2-8H,9-12,18H2,1H3. The van der Waals surface area contributed by atoms with Gasteiger partial charge < -0.3 is 10.6 Å². The molecule has 2 aromatic rings. The van der Waals surface area contributed by atoms with E-state index < -0.39 is 0 Å². The van der Waals surface area contributed by atoms with Crippen LogP contribution in [0.25, 0.3) is 0 Å². The van der Waals surface area contributed by atoms with Gasteiger partial charge >= 0.3 is 0 Å². The van der Waals surface area contributed by atoms with Crippen LogP contribution in [0.1, 0.15) is 11.1 Å². The fraction of sp³-hybridized carbons (Fsp3) is 0.294. The predicted molar refractivity (Wildman–Crippen MR) is 88.7 cm³/mol. The van der Waals surface area contributed by atoms with Gasteiger partial charge in [-0.05, 0) is 37.1 Å². The fourth-order valence-electron chi connectivity index (χ4n) is 2.70. The van der Waals surface area contributed by atoms with E-state index in [0.29, 0.717) is 0 Å². The van der Waals surface area contributed by atoms with E-state index in [4.69, 9.17) is 5.73 Å². The molecule has 0 unspecified atom stereocenters. The van der Waals surface area contributed by atoms with Gasteiger partial charge in [0.05, 0.1) is 11.4 Å². The summed E-state index contributed by atoms with van der Waals surface area (Å²) in [5, 5.41) is 0. The predicted octanol–water partition coefficient (Wildman–Crippen LogP) is 3.73. The highest BCUT2D eigenvalue weighted by Gasteiger charge is 2.20. The van der Waals surface area contributed by atoms with Gasteiger partial charge in [-0.2, -0.15) is 0 Å². The van der Waals surface area contributed by atoms with Crippen molar-refractivity contribution < 1.29 is 0 Å². The summed E-state index contributed by atoms with van der Waals surface area (Å²) in [6.45, 7) is 4.27. The Hall–Kier alpha value is -1.61. The van der Waals surface area contributed by atoms with Crippen molar-refractivity contribution in [2.24, 2.45) is 0 Å². The Morgan fingerprint density at radius 3 is 2.75 bits per heavy atom. The van der Waals surface area contributed by atoms with Gasteiger partial charge in [0.25, 0.3) is 0 Å². The van der Waals surface area contributed by atoms with Gasteiger partial charge in [-0.3, -0.25) is 0 Å². The lowest BCUT2D eigenvalue weighted by Gasteiger charge is -2.20. The molecule has 2 N–H and O–H groups in total. The summed E-state index contributed by atoms with van der Waals surface area (Å²) in [5.41, 5.74) is 11.0. The number of hydrogen-bond acceptors (Lipinski definition) is 3. The molecule has 0 saturated carbocycles. The Morgan fingerprint density at radius 2 is 1.95 bits per heavy atom. The number of benzene rings is 2. The number of rotatable bonds is 4. The second-order valence-corrected chi connectivity index (χ2v) is 6.42. The molecule has 3 heteroatoms. The first-order valence-electron chi connectivity index (χ1n) is 7.06. The first-order chi connectivity index (χ1) is 9.74. The van der Waals surface area contributed by atoms with Gasteiger partial charge in [-0.1, -0.05) is 29.8 Å². The molecule has 20 heavy (non-hydrogen) atoms. The Balaban J connectivity index is 1.60. The third-order valence-corrected chi connectivity index (χ3v) is 4.76. The molecule has 0 aromatic heterocycles. The van der Waals surface area contributed by atoms with Crippen LogP contribution in [-0.2, 0) is 6.42 Å². The highest BCUT2D eigenvalue weighted by atomic mass is 32.2. The van der Waals surface area contributed by atoms with Crippen LogP contribution in [0.3, 0.4) is 0 Å². The molecule has 3 rings (SSSR count). The largest absolute Gasteiger partial charge is 0.397 e. The van der Waals surface area contributed by atoms with Gasteiger partial charge in [-0.15, -0.1) is 11.8 Å². The van der Waals surface area contributed by atoms with Crippen LogP contribution in [0.2, 0.25) is 0 Å². The quantitative estimate of drug-likeness (QED) is 0.685. The van der Waals surface area contributed by atoms with Crippen LogP contribution in [0, 0.1) is 6.92 Å². The number of anilines is 2. The number of fused-ring (bicyclic) bond motifs is 1. The minimum atomic E-state index is 0.917. The number of nitrogens with zero attached hydrogens (tertiary/aromatic N) is 1. The molecule has 0 amide bonds. The fourth-order valence-corrected chi connectivity index (χ4v) is 3.57. The van der Waals surface area contributed by atoms with Crippen LogP contribution in [-0.4, -0.2) is 18.8 Å². The third kappa shape index (κ3) is 2.78. The van der Waals surface area contributed by atoms with Crippen molar-refractivity contribution in [1.29, 1.82) is 0 Å². The number of thioether (sulfide) groups is 1. The zero-order valence-corrected chi connectivity index (χ0v) is 12.6. The molecule has 1 aliphatic heterocycles. The minimum absolute atomic E-state index is 0.917. The summed E-state index contributed by atoms with van der Waals surface area (Å²) < 4.78 is 0. The van der Waals surface area contributed by atoms with Crippen LogP contribution >= 0.6 is 11.8 Å². The maximum absolute atomic E-state index is 6.11. The number of nitrogen functional groups attached to an aromatic ring is 1. The van der Waals surface area contributed by atoms with E-state index in [0.717, 1.165) is 31.0 Å². The van der Waals surface area contributed by atoms with Gasteiger partial charge in [-0.25, -0.2) is 0 Å². The highest BCUT2D eigenvalue weighted by molar-refractivity contribution is 7.99. The van der Waals surface area contributed by atoms with E-state index >= 15 is 0 Å². The van der Waals surface area contributed by atoms with Crippen LogP contribution in [0.4, 0.5) is 11.4 Å². The summed E-state index contributed by atoms with van der Waals surface area (Å²) in [4.78, 5) is 3.77. The van der Waals surface area contributed by atoms with E-state index in [-0.39, 0.29) is 0 Å². The summed E-state index contributed by atoms with van der Waals surface area (Å²) in [6, 6.07) is 15.0. The van der Waals surface area contributed by atoms with Crippen molar-refractivity contribution in [3.05, 3.63) is 53.6 Å². The summed E-state index contributed by atoms with van der Waals surface area (Å²) in [5.74, 6) is 1.09. The van der Waals surface area contributed by atoms with Gasteiger partial charge in [0.1, 0.15) is 0 Å². The average molecular weight is 284 g/mol. The molecule has 1 aliphatic rings. The third-order valence-electron chi connectivity index (χ3n) is 3.77. The minimum Gasteiger partial charge on any atom is -0.397 e. The normalized spacial score (nSPS) is 13.6. The average Bonchev–Trinajstić information content (AvgIpc) is 2.86. The highest BCUT2D eigenvalue weighted by Crippen LogP contribution is 2.33. The van der Waals surface area contributed by atoms with Gasteiger partial charge in [0, 0.05) is 23.7 Å². The van der Waals surface area contributed by atoms with Crippen molar-refractivity contribution in [2.45, 2.75) is 18.2 Å². The smallest absolute Gasteiger partial charge is 0.0633 e. The lowest BCUT2D eigenvalue weighted by Crippen LogP contribution is -2.24. The van der Waals surface area contributed by atoms with E-state index in [1.54, 1.807) is 0 Å². The van der Waals surface area contributed by atoms with Crippen LogP contribution < -0.4 is 10.6 Å². The molecule has 0 aliphatic carbocycles. The summed E-state index contributed by atoms with van der Waals surface area (Å²) in [7, 11) is 0. The van der Waals surface area contributed by atoms with Gasteiger partial charge in [0.2, 0.25) is 0 Å². The van der Waals surface area contributed by atoms with Crippen LogP contribution in [0.5, 0.6) is 0 Å². The second-order valence-electron chi connectivity index (χ2n) is 5.25. The molecule has 0 bridgehead atoms. The van der Waals surface area contributed by atoms with E-state index in [1.807, 2.05) is 17.8 Å². The first kappa shape index (κ1) is 13.4. The van der Waals surface area contributed by atoms with E-state index in [2.05, 4.69) is 48.2 Å². The summed E-state index contributed by atoms with van der Waals surface area (Å²) in [6.07, 6.45) is 1.12. The Morgan fingerprint density at radius 1 is 1.15 bits per heavy atom. The molecule has 1 heterocycles. The Kier molecular flexibility index (Phi) is 3.88. The molecular formula is C17H20N2S. The zero-order chi connectivity index (χ0) is 13.9. The Labute approximate surface area is 125 Å².